The van der Waals surface area contributed by atoms with Gasteiger partial charge in [-0.1, -0.05) is 0 Å². The molecule has 3 N–H and O–H groups in total. The molecule has 1 heterocycles. The number of carboxylic acid groups (broad SMARTS) is 1. The van der Waals surface area contributed by atoms with Gasteiger partial charge in [-0.25, -0.2) is 0 Å². The van der Waals surface area contributed by atoms with E-state index in [4.69, 9.17) is 25.1 Å². The minimum absolute atomic E-state index is 0.154. The SMILES string of the molecule is COc1cc2c(cc1C(N)C(=O)O)OCOC2. The summed E-state index contributed by atoms with van der Waals surface area (Å²) in [6.07, 6.45) is 0. The second kappa shape index (κ2) is 4.60. The maximum absolute atomic E-state index is 10.9. The predicted molar refractivity (Wildman–Crippen MR) is 57.8 cm³/mol. The quantitative estimate of drug-likeness (QED) is 0.804. The third kappa shape index (κ3) is 2.17. The normalized spacial score (nSPS) is 15.6. The fourth-order valence-electron chi connectivity index (χ4n) is 1.67. The average molecular weight is 239 g/mol. The summed E-state index contributed by atoms with van der Waals surface area (Å²) in [5.41, 5.74) is 6.78. The maximum atomic E-state index is 10.9. The Hall–Kier alpha value is -1.79. The lowest BCUT2D eigenvalue weighted by Gasteiger charge is -2.21. The summed E-state index contributed by atoms with van der Waals surface area (Å²) in [4.78, 5) is 10.9. The molecule has 1 atom stereocenters. The molecule has 0 aliphatic carbocycles. The van der Waals surface area contributed by atoms with E-state index in [1.54, 1.807) is 12.1 Å². The van der Waals surface area contributed by atoms with Crippen molar-refractivity contribution in [1.82, 2.24) is 0 Å². The first-order chi connectivity index (χ1) is 8.13. The molecule has 0 fully saturated rings. The van der Waals surface area contributed by atoms with E-state index in [1.807, 2.05) is 0 Å². The molecule has 2 rings (SSSR count). The number of carboxylic acids is 1. The molecule has 0 saturated carbocycles. The Morgan fingerprint density at radius 1 is 1.59 bits per heavy atom. The van der Waals surface area contributed by atoms with Crippen LogP contribution >= 0.6 is 0 Å². The Labute approximate surface area is 97.9 Å². The molecule has 0 radical (unpaired) electrons. The summed E-state index contributed by atoms with van der Waals surface area (Å²) in [6.45, 7) is 0.565. The number of aliphatic carboxylic acids is 1. The van der Waals surface area contributed by atoms with Crippen molar-refractivity contribution in [3.8, 4) is 11.5 Å². The largest absolute Gasteiger partial charge is 0.496 e. The highest BCUT2D eigenvalue weighted by atomic mass is 16.7. The lowest BCUT2D eigenvalue weighted by molar-refractivity contribution is -0.138. The van der Waals surface area contributed by atoms with Gasteiger partial charge < -0.3 is 25.1 Å². The average Bonchev–Trinajstić information content (AvgIpc) is 2.36. The zero-order valence-electron chi connectivity index (χ0n) is 9.30. The number of hydrogen-bond acceptors (Lipinski definition) is 5. The Bertz CT molecular complexity index is 446. The van der Waals surface area contributed by atoms with Gasteiger partial charge in [0.15, 0.2) is 6.79 Å². The number of hydrogen-bond donors (Lipinski definition) is 2. The molecular formula is C11H13NO5. The molecule has 17 heavy (non-hydrogen) atoms. The smallest absolute Gasteiger partial charge is 0.325 e. The first-order valence-electron chi connectivity index (χ1n) is 5.03. The van der Waals surface area contributed by atoms with E-state index < -0.39 is 12.0 Å². The summed E-state index contributed by atoms with van der Waals surface area (Å²) in [6, 6.07) is 2.14. The monoisotopic (exact) mass is 239 g/mol. The number of nitrogens with two attached hydrogens (primary N) is 1. The van der Waals surface area contributed by atoms with E-state index in [0.29, 0.717) is 23.7 Å². The van der Waals surface area contributed by atoms with E-state index in [2.05, 4.69) is 0 Å². The van der Waals surface area contributed by atoms with Crippen molar-refractivity contribution in [2.75, 3.05) is 13.9 Å². The Balaban J connectivity index is 2.46. The maximum Gasteiger partial charge on any atom is 0.325 e. The van der Waals surface area contributed by atoms with Gasteiger partial charge in [-0.05, 0) is 12.1 Å². The van der Waals surface area contributed by atoms with Crippen molar-refractivity contribution in [2.45, 2.75) is 12.6 Å². The van der Waals surface area contributed by atoms with E-state index in [9.17, 15) is 4.79 Å². The summed E-state index contributed by atoms with van der Waals surface area (Å²) >= 11 is 0. The summed E-state index contributed by atoms with van der Waals surface area (Å²) in [5, 5.41) is 8.91. The second-order valence-electron chi connectivity index (χ2n) is 3.63. The van der Waals surface area contributed by atoms with Gasteiger partial charge in [0.25, 0.3) is 0 Å². The van der Waals surface area contributed by atoms with Crippen molar-refractivity contribution in [3.05, 3.63) is 23.3 Å². The third-order valence-electron chi connectivity index (χ3n) is 2.57. The van der Waals surface area contributed by atoms with Gasteiger partial charge in [-0.2, -0.15) is 0 Å². The van der Waals surface area contributed by atoms with Crippen molar-refractivity contribution < 1.29 is 24.1 Å². The van der Waals surface area contributed by atoms with Crippen molar-refractivity contribution >= 4 is 5.97 Å². The van der Waals surface area contributed by atoms with Crippen molar-refractivity contribution in [1.29, 1.82) is 0 Å². The molecule has 6 heteroatoms. The van der Waals surface area contributed by atoms with Gasteiger partial charge in [-0.15, -0.1) is 0 Å². The van der Waals surface area contributed by atoms with Crippen LogP contribution in [0, 0.1) is 0 Å². The molecule has 0 saturated heterocycles. The number of rotatable bonds is 3. The van der Waals surface area contributed by atoms with Crippen LogP contribution in [0.4, 0.5) is 0 Å². The highest BCUT2D eigenvalue weighted by Gasteiger charge is 2.23. The molecule has 1 aliphatic rings. The fourth-order valence-corrected chi connectivity index (χ4v) is 1.67. The molecular weight excluding hydrogens is 226 g/mol. The molecule has 6 nitrogen and oxygen atoms in total. The van der Waals surface area contributed by atoms with Crippen molar-refractivity contribution in [2.24, 2.45) is 5.73 Å². The van der Waals surface area contributed by atoms with E-state index >= 15 is 0 Å². The number of carbonyl (C=O) groups is 1. The highest BCUT2D eigenvalue weighted by Crippen LogP contribution is 2.34. The minimum Gasteiger partial charge on any atom is -0.496 e. The lowest BCUT2D eigenvalue weighted by Crippen LogP contribution is -2.22. The molecule has 92 valence electrons. The molecule has 1 aromatic rings. The number of benzene rings is 1. The molecule has 1 aromatic carbocycles. The molecule has 0 aromatic heterocycles. The van der Waals surface area contributed by atoms with Crippen LogP contribution in [0.5, 0.6) is 11.5 Å². The van der Waals surface area contributed by atoms with Crippen LogP contribution in [0.3, 0.4) is 0 Å². The predicted octanol–water partition coefficient (Wildman–Crippen LogP) is 0.646. The van der Waals surface area contributed by atoms with Crippen LogP contribution in [-0.2, 0) is 16.1 Å². The fraction of sp³-hybridized carbons (Fsp3) is 0.364. The molecule has 1 aliphatic heterocycles. The van der Waals surface area contributed by atoms with Crippen molar-refractivity contribution in [3.63, 3.8) is 0 Å². The zero-order chi connectivity index (χ0) is 12.4. The van der Waals surface area contributed by atoms with Crippen LogP contribution in [0.25, 0.3) is 0 Å². The standard InChI is InChI=1S/C11H13NO5/c1-15-9-2-6-4-16-5-17-8(6)3-7(9)10(12)11(13)14/h2-3,10H,4-5,12H2,1H3,(H,13,14). The Morgan fingerprint density at radius 2 is 2.35 bits per heavy atom. The molecule has 0 amide bonds. The van der Waals surface area contributed by atoms with Crippen LogP contribution in [0.2, 0.25) is 0 Å². The molecule has 0 spiro atoms. The summed E-state index contributed by atoms with van der Waals surface area (Å²) < 4.78 is 15.5. The highest BCUT2D eigenvalue weighted by molar-refractivity contribution is 5.77. The minimum atomic E-state index is -1.14. The molecule has 0 bridgehead atoms. The molecule has 1 unspecified atom stereocenters. The van der Waals surface area contributed by atoms with E-state index in [1.165, 1.54) is 7.11 Å². The second-order valence-corrected chi connectivity index (χ2v) is 3.63. The summed E-state index contributed by atoms with van der Waals surface area (Å²) in [5.74, 6) is -0.105. The zero-order valence-corrected chi connectivity index (χ0v) is 9.30. The van der Waals surface area contributed by atoms with Crippen LogP contribution in [0.1, 0.15) is 17.2 Å². The van der Waals surface area contributed by atoms with Gasteiger partial charge in [-0.3, -0.25) is 4.79 Å². The van der Waals surface area contributed by atoms with Gasteiger partial charge in [0, 0.05) is 11.1 Å². The number of ether oxygens (including phenoxy) is 3. The number of methoxy groups -OCH3 is 1. The van der Waals surface area contributed by atoms with Gasteiger partial charge in [0.05, 0.1) is 13.7 Å². The van der Waals surface area contributed by atoms with E-state index in [0.717, 1.165) is 5.56 Å². The first-order valence-corrected chi connectivity index (χ1v) is 5.03. The van der Waals surface area contributed by atoms with E-state index in [-0.39, 0.29) is 6.79 Å². The first kappa shape index (κ1) is 11.7. The lowest BCUT2D eigenvalue weighted by atomic mass is 10.0. The Morgan fingerprint density at radius 3 is 3.00 bits per heavy atom. The van der Waals surface area contributed by atoms with Gasteiger partial charge in [0.1, 0.15) is 17.5 Å². The summed E-state index contributed by atoms with van der Waals surface area (Å²) in [7, 11) is 1.46. The van der Waals surface area contributed by atoms with Crippen LogP contribution < -0.4 is 15.2 Å². The topological polar surface area (TPSA) is 91.0 Å². The van der Waals surface area contributed by atoms with Crippen LogP contribution in [-0.4, -0.2) is 25.0 Å². The van der Waals surface area contributed by atoms with Crippen LogP contribution in [0.15, 0.2) is 12.1 Å². The Kier molecular flexibility index (Phi) is 3.16. The third-order valence-corrected chi connectivity index (χ3v) is 2.57. The van der Waals surface area contributed by atoms with Gasteiger partial charge >= 0.3 is 5.97 Å². The number of fused-ring (bicyclic) bond motifs is 1. The van der Waals surface area contributed by atoms with Gasteiger partial charge in [0.2, 0.25) is 0 Å².